The van der Waals surface area contributed by atoms with E-state index in [-0.39, 0.29) is 18.4 Å². The van der Waals surface area contributed by atoms with Gasteiger partial charge in [0.05, 0.1) is 12.4 Å². The molecule has 0 bridgehead atoms. The van der Waals surface area contributed by atoms with Crippen LogP contribution in [0, 0.1) is 0 Å². The van der Waals surface area contributed by atoms with Crippen LogP contribution < -0.4 is 0 Å². The van der Waals surface area contributed by atoms with E-state index in [1.54, 1.807) is 0 Å². The zero-order valence-corrected chi connectivity index (χ0v) is 9.88. The van der Waals surface area contributed by atoms with Gasteiger partial charge in [-0.25, -0.2) is 4.79 Å². The van der Waals surface area contributed by atoms with Crippen molar-refractivity contribution in [2.45, 2.75) is 20.0 Å². The Kier molecular flexibility index (Phi) is 6.22. The number of carbonyl (C=O) groups excluding carboxylic acids is 2. The van der Waals surface area contributed by atoms with Crippen LogP contribution in [0.5, 0.6) is 0 Å². The lowest BCUT2D eigenvalue weighted by Gasteiger charge is -2.11. The Morgan fingerprint density at radius 3 is 2.18 bits per heavy atom. The summed E-state index contributed by atoms with van der Waals surface area (Å²) in [6.07, 6.45) is -5.15. The molecule has 0 saturated carbocycles. The van der Waals surface area contributed by atoms with Crippen LogP contribution in [-0.2, 0) is 14.3 Å². The van der Waals surface area contributed by atoms with Crippen molar-refractivity contribution in [1.82, 2.24) is 0 Å². The summed E-state index contributed by atoms with van der Waals surface area (Å²) in [6.45, 7) is 2.09. The average molecular weight is 274 g/mol. The van der Waals surface area contributed by atoms with E-state index in [2.05, 4.69) is 4.74 Å². The fraction of sp³-hybridized carbons (Fsp3) is 0.556. The van der Waals surface area contributed by atoms with Gasteiger partial charge in [-0.2, -0.15) is 17.6 Å². The number of Topliss-reactive ketones (excluding diaryl/α,β-unsaturated/α-hetero) is 1. The van der Waals surface area contributed by atoms with Crippen molar-refractivity contribution in [3.05, 3.63) is 10.7 Å². The van der Waals surface area contributed by atoms with E-state index in [9.17, 15) is 27.2 Å². The number of hydrogen-bond donors (Lipinski definition) is 0. The predicted molar refractivity (Wildman–Crippen MR) is 54.0 cm³/mol. The molecule has 0 atom stereocenters. The van der Waals surface area contributed by atoms with Gasteiger partial charge in [-0.15, -0.1) is 0 Å². The van der Waals surface area contributed by atoms with E-state index >= 15 is 0 Å². The third-order valence-corrected chi connectivity index (χ3v) is 2.37. The molecular formula is C9H10F4O3S. The number of ether oxygens (including phenoxy) is 1. The highest BCUT2D eigenvalue weighted by Crippen LogP contribution is 2.34. The minimum Gasteiger partial charge on any atom is -0.462 e. The molecule has 0 aliphatic rings. The monoisotopic (exact) mass is 274 g/mol. The van der Waals surface area contributed by atoms with Crippen molar-refractivity contribution < 1.29 is 31.9 Å². The maximum absolute atomic E-state index is 13.2. The molecule has 0 aromatic heterocycles. The van der Waals surface area contributed by atoms with Crippen molar-refractivity contribution in [2.75, 3.05) is 12.4 Å². The molecule has 0 unspecified atom stereocenters. The van der Waals surface area contributed by atoms with E-state index in [0.717, 1.165) is 6.92 Å². The fourth-order valence-corrected chi connectivity index (χ4v) is 1.42. The van der Waals surface area contributed by atoms with Crippen LogP contribution in [0.2, 0.25) is 0 Å². The number of rotatable bonds is 5. The van der Waals surface area contributed by atoms with Crippen molar-refractivity contribution in [3.63, 3.8) is 0 Å². The van der Waals surface area contributed by atoms with E-state index < -0.39 is 34.4 Å². The lowest BCUT2D eigenvalue weighted by Crippen LogP contribution is -2.23. The first-order valence-corrected chi connectivity index (χ1v) is 5.45. The molecule has 98 valence electrons. The summed E-state index contributed by atoms with van der Waals surface area (Å²) in [5.74, 6) is -2.77. The van der Waals surface area contributed by atoms with Crippen molar-refractivity contribution >= 4 is 23.5 Å². The Morgan fingerprint density at radius 1 is 1.29 bits per heavy atom. The van der Waals surface area contributed by atoms with Crippen LogP contribution in [0.15, 0.2) is 10.7 Å². The summed E-state index contributed by atoms with van der Waals surface area (Å²) in [5.41, 5.74) is -2.01. The maximum Gasteiger partial charge on any atom is 0.426 e. The first-order valence-electron chi connectivity index (χ1n) is 4.46. The summed E-state index contributed by atoms with van der Waals surface area (Å²) in [7, 11) is 0. The topological polar surface area (TPSA) is 43.4 Å². The zero-order chi connectivity index (χ0) is 13.6. The molecule has 0 aromatic carbocycles. The smallest absolute Gasteiger partial charge is 0.426 e. The molecule has 8 heteroatoms. The van der Waals surface area contributed by atoms with E-state index in [1.165, 1.54) is 6.92 Å². The zero-order valence-electron chi connectivity index (χ0n) is 9.06. The van der Waals surface area contributed by atoms with E-state index in [4.69, 9.17) is 0 Å². The van der Waals surface area contributed by atoms with Gasteiger partial charge < -0.3 is 4.74 Å². The Balaban J connectivity index is 5.08. The van der Waals surface area contributed by atoms with Gasteiger partial charge in [-0.1, -0.05) is 11.8 Å². The summed E-state index contributed by atoms with van der Waals surface area (Å²) in [4.78, 5) is 21.4. The second-order valence-corrected chi connectivity index (χ2v) is 3.79. The van der Waals surface area contributed by atoms with Crippen molar-refractivity contribution in [2.24, 2.45) is 0 Å². The number of carbonyl (C=O) groups is 2. The molecule has 0 aliphatic carbocycles. The third-order valence-electron chi connectivity index (χ3n) is 1.36. The molecule has 0 rings (SSSR count). The van der Waals surface area contributed by atoms with Gasteiger partial charge in [0.2, 0.25) is 0 Å². The lowest BCUT2D eigenvalue weighted by molar-refractivity contribution is -0.150. The number of alkyl halides is 3. The lowest BCUT2D eigenvalue weighted by atomic mass is 10.3. The van der Waals surface area contributed by atoms with Crippen molar-refractivity contribution in [3.8, 4) is 0 Å². The first kappa shape index (κ1) is 16.0. The molecule has 0 radical (unpaired) electrons. The summed E-state index contributed by atoms with van der Waals surface area (Å²) < 4.78 is 54.4. The summed E-state index contributed by atoms with van der Waals surface area (Å²) >= 11 is 0.0163. The Morgan fingerprint density at radius 2 is 1.82 bits per heavy atom. The molecule has 0 N–H and O–H groups in total. The number of hydrogen-bond acceptors (Lipinski definition) is 4. The fourth-order valence-electron chi connectivity index (χ4n) is 0.748. The van der Waals surface area contributed by atoms with Gasteiger partial charge in [0, 0.05) is 0 Å². The van der Waals surface area contributed by atoms with Gasteiger partial charge in [-0.05, 0) is 13.8 Å². The number of thioether (sulfide) groups is 1. The number of esters is 1. The second kappa shape index (κ2) is 6.63. The van der Waals surface area contributed by atoms with Gasteiger partial charge in [0.1, 0.15) is 5.78 Å². The molecule has 0 aromatic rings. The number of ketones is 1. The van der Waals surface area contributed by atoms with E-state index in [1.807, 2.05) is 0 Å². The minimum atomic E-state index is -5.15. The van der Waals surface area contributed by atoms with Crippen molar-refractivity contribution in [1.29, 1.82) is 0 Å². The SMILES string of the molecule is CCOC(=O)/C(=C(\F)SCC(C)=O)C(F)(F)F. The predicted octanol–water partition coefficient (Wildman–Crippen LogP) is 2.62. The molecule has 17 heavy (non-hydrogen) atoms. The second-order valence-electron chi connectivity index (χ2n) is 2.86. The van der Waals surface area contributed by atoms with Gasteiger partial charge >= 0.3 is 12.1 Å². The molecule has 0 amide bonds. The quantitative estimate of drug-likeness (QED) is 0.439. The summed E-state index contributed by atoms with van der Waals surface area (Å²) in [6, 6.07) is 0. The third kappa shape index (κ3) is 5.71. The standard InChI is InChI=1S/C9H10F4O3S/c1-3-16-8(15)6(9(11,12)13)7(10)17-4-5(2)14/h3-4H2,1-2H3/b7-6-. The van der Waals surface area contributed by atoms with Gasteiger partial charge in [0.15, 0.2) is 10.7 Å². The van der Waals surface area contributed by atoms with Crippen LogP contribution >= 0.6 is 11.8 Å². The molecule has 0 spiro atoms. The average Bonchev–Trinajstić information content (AvgIpc) is 2.12. The minimum absolute atomic E-state index is 0.0163. The maximum atomic E-state index is 13.2. The van der Waals surface area contributed by atoms with Crippen LogP contribution in [-0.4, -0.2) is 30.3 Å². The Labute approximate surface area is 99.2 Å². The summed E-state index contributed by atoms with van der Waals surface area (Å²) in [5, 5.41) is -1.76. The molecule has 0 saturated heterocycles. The highest BCUT2D eigenvalue weighted by Gasteiger charge is 2.43. The highest BCUT2D eigenvalue weighted by molar-refractivity contribution is 8.03. The normalized spacial score (nSPS) is 13.1. The van der Waals surface area contributed by atoms with Crippen LogP contribution in [0.4, 0.5) is 17.6 Å². The molecule has 0 aliphatic heterocycles. The van der Waals surface area contributed by atoms with Crippen LogP contribution in [0.25, 0.3) is 0 Å². The Bertz CT molecular complexity index is 336. The van der Waals surface area contributed by atoms with Gasteiger partial charge in [-0.3, -0.25) is 4.79 Å². The largest absolute Gasteiger partial charge is 0.462 e. The van der Waals surface area contributed by atoms with Gasteiger partial charge in [0.25, 0.3) is 0 Å². The molecular weight excluding hydrogens is 264 g/mol. The molecule has 0 fully saturated rings. The Hall–Kier alpha value is -1.05. The van der Waals surface area contributed by atoms with E-state index in [0.29, 0.717) is 0 Å². The first-order chi connectivity index (χ1) is 7.70. The molecule has 3 nitrogen and oxygen atoms in total. The van der Waals surface area contributed by atoms with Crippen LogP contribution in [0.3, 0.4) is 0 Å². The highest BCUT2D eigenvalue weighted by atomic mass is 32.2. The number of halogens is 4. The molecule has 0 heterocycles. The van der Waals surface area contributed by atoms with Crippen LogP contribution in [0.1, 0.15) is 13.8 Å².